The fraction of sp³-hybridized carbons (Fsp3) is 0.386. The molecule has 0 bridgehead atoms. The van der Waals surface area contributed by atoms with E-state index in [2.05, 4.69) is 48.6 Å². The summed E-state index contributed by atoms with van der Waals surface area (Å²) in [4.78, 5) is 24.9. The second kappa shape index (κ2) is 16.8. The van der Waals surface area contributed by atoms with E-state index < -0.39 is 47.9 Å². The summed E-state index contributed by atoms with van der Waals surface area (Å²) < 4.78 is 81.6. The molecule has 1 saturated heterocycles. The van der Waals surface area contributed by atoms with E-state index in [0.717, 1.165) is 29.7 Å². The van der Waals surface area contributed by atoms with Crippen LogP contribution in [0.3, 0.4) is 0 Å². The molecule has 15 heteroatoms. The van der Waals surface area contributed by atoms with Crippen molar-refractivity contribution in [3.05, 3.63) is 119 Å². The third-order valence-corrected chi connectivity index (χ3v) is 17.6. The minimum Gasteiger partial charge on any atom is -0.444 e. The molecule has 0 saturated carbocycles. The van der Waals surface area contributed by atoms with Gasteiger partial charge in [0.15, 0.2) is 8.32 Å². The Labute approximate surface area is 350 Å². The normalized spacial score (nSPS) is 17.2. The number of ether oxygens (including phenoxy) is 1. The number of anilines is 1. The first-order valence-electron chi connectivity index (χ1n) is 19.5. The zero-order valence-electron chi connectivity index (χ0n) is 34.5. The lowest BCUT2D eigenvalue weighted by Gasteiger charge is -2.43. The largest absolute Gasteiger partial charge is 0.444 e. The number of carbonyl (C=O) groups is 1. The monoisotopic (exact) mass is 864 g/mol. The van der Waals surface area contributed by atoms with Crippen molar-refractivity contribution in [3.8, 4) is 21.8 Å². The van der Waals surface area contributed by atoms with Gasteiger partial charge in [0, 0.05) is 40.6 Å². The zero-order chi connectivity index (χ0) is 43.0. The highest BCUT2D eigenvalue weighted by atomic mass is 32.2. The van der Waals surface area contributed by atoms with Gasteiger partial charge in [-0.2, -0.15) is 13.2 Å². The molecule has 1 N–H and O–H groups in total. The number of thiazole rings is 1. The van der Waals surface area contributed by atoms with Gasteiger partial charge in [-0.05, 0) is 112 Å². The number of aromatic nitrogens is 2. The van der Waals surface area contributed by atoms with Crippen molar-refractivity contribution >= 4 is 41.5 Å². The van der Waals surface area contributed by atoms with Gasteiger partial charge in [0.1, 0.15) is 10.6 Å². The number of rotatable bonds is 11. The topological polar surface area (TPSA) is 111 Å². The van der Waals surface area contributed by atoms with Crippen molar-refractivity contribution in [2.24, 2.45) is 0 Å². The van der Waals surface area contributed by atoms with Crippen molar-refractivity contribution in [1.29, 1.82) is 0 Å². The van der Waals surface area contributed by atoms with Crippen LogP contribution in [0.5, 0.6) is 0 Å². The molecule has 0 aliphatic carbocycles. The Balaban J connectivity index is 1.16. The lowest BCUT2D eigenvalue weighted by atomic mass is 10.0. The van der Waals surface area contributed by atoms with E-state index >= 15 is 0 Å². The van der Waals surface area contributed by atoms with E-state index in [1.807, 2.05) is 56.1 Å². The van der Waals surface area contributed by atoms with Crippen molar-refractivity contribution in [3.63, 3.8) is 0 Å². The third kappa shape index (κ3) is 10.6. The Morgan fingerprint density at radius 1 is 0.915 bits per heavy atom. The van der Waals surface area contributed by atoms with Crippen LogP contribution in [0.25, 0.3) is 21.8 Å². The highest BCUT2D eigenvalue weighted by Crippen LogP contribution is 2.44. The molecule has 1 amide bonds. The van der Waals surface area contributed by atoms with Crippen molar-refractivity contribution < 1.29 is 35.5 Å². The average Bonchev–Trinajstić information content (AvgIpc) is 3.82. The van der Waals surface area contributed by atoms with E-state index in [9.17, 15) is 26.4 Å². The van der Waals surface area contributed by atoms with Gasteiger partial charge in [-0.25, -0.2) is 18.2 Å². The molecule has 2 aromatic heterocycles. The van der Waals surface area contributed by atoms with Crippen LogP contribution >= 0.6 is 11.3 Å². The Bertz CT molecular complexity index is 2330. The van der Waals surface area contributed by atoms with E-state index in [-0.39, 0.29) is 22.0 Å². The standard InChI is InChI=1S/C44H51F3N4O5S2Si/c1-42(2,3)55-41(52)51-35(21-24-38(51)39(32-10-9-25-48-27-32)56-59(7,8)43(4,5)6)26-29-11-19-34(20-12-29)50-58(53,54)36-22-15-31(16-23-36)40-49-37(28-57-40)30-13-17-33(18-14-30)44(45,46)47/h9-20,22-23,25,27-28,35,38-39,50H,21,24,26H2,1-8H3/t35-,38+,39+/m0/s1. The lowest BCUT2D eigenvalue weighted by molar-refractivity contribution is -0.137. The number of hydrogen-bond donors (Lipinski definition) is 1. The predicted octanol–water partition coefficient (Wildman–Crippen LogP) is 11.8. The van der Waals surface area contributed by atoms with Crippen molar-refractivity contribution in [1.82, 2.24) is 14.9 Å². The summed E-state index contributed by atoms with van der Waals surface area (Å²) in [6, 6.07) is 21.6. The molecule has 0 radical (unpaired) electrons. The summed E-state index contributed by atoms with van der Waals surface area (Å²) >= 11 is 1.31. The van der Waals surface area contributed by atoms with Crippen LogP contribution in [0.1, 0.15) is 77.2 Å². The maximum Gasteiger partial charge on any atom is 0.416 e. The molecule has 1 fully saturated rings. The average molecular weight is 865 g/mol. The van der Waals surface area contributed by atoms with Gasteiger partial charge in [0.25, 0.3) is 10.0 Å². The van der Waals surface area contributed by atoms with Gasteiger partial charge in [0.2, 0.25) is 0 Å². The molecule has 5 aromatic rings. The number of carbonyl (C=O) groups excluding carboxylic acids is 1. The van der Waals surface area contributed by atoms with Crippen LogP contribution in [0.2, 0.25) is 18.1 Å². The maximum absolute atomic E-state index is 14.0. The summed E-state index contributed by atoms with van der Waals surface area (Å²) in [5.74, 6) is 0. The summed E-state index contributed by atoms with van der Waals surface area (Å²) in [5.41, 5.74) is 2.52. The zero-order valence-corrected chi connectivity index (χ0v) is 37.1. The summed E-state index contributed by atoms with van der Waals surface area (Å²) in [6.45, 7) is 16.6. The molecular weight excluding hydrogens is 814 g/mol. The molecule has 0 unspecified atom stereocenters. The van der Waals surface area contributed by atoms with E-state index in [0.29, 0.717) is 40.4 Å². The third-order valence-electron chi connectivity index (χ3n) is 10.8. The highest BCUT2D eigenvalue weighted by Gasteiger charge is 2.48. The number of halogens is 3. The summed E-state index contributed by atoms with van der Waals surface area (Å²) in [5, 5.41) is 2.28. The fourth-order valence-electron chi connectivity index (χ4n) is 6.76. The minimum atomic E-state index is -4.42. The number of benzene rings is 3. The molecule has 6 rings (SSSR count). The first-order valence-corrected chi connectivity index (χ1v) is 24.7. The van der Waals surface area contributed by atoms with Crippen LogP contribution in [0.4, 0.5) is 23.7 Å². The first kappa shape index (κ1) is 44.0. The van der Waals surface area contributed by atoms with Crippen LogP contribution in [0.15, 0.2) is 108 Å². The lowest BCUT2D eigenvalue weighted by Crippen LogP contribution is -2.50. The number of nitrogens with zero attached hydrogens (tertiary/aromatic N) is 3. The molecule has 1 aliphatic heterocycles. The molecule has 3 atom stereocenters. The minimum absolute atomic E-state index is 0.0536. The Morgan fingerprint density at radius 3 is 2.14 bits per heavy atom. The van der Waals surface area contributed by atoms with Gasteiger partial charge >= 0.3 is 12.3 Å². The second-order valence-electron chi connectivity index (χ2n) is 17.4. The number of hydrogen-bond acceptors (Lipinski definition) is 8. The molecule has 59 heavy (non-hydrogen) atoms. The number of nitrogens with one attached hydrogen (secondary N) is 1. The Hall–Kier alpha value is -4.57. The van der Waals surface area contributed by atoms with Crippen molar-refractivity contribution in [2.45, 2.75) is 114 Å². The van der Waals surface area contributed by atoms with Crippen LogP contribution in [-0.4, -0.2) is 55.4 Å². The fourth-order valence-corrected chi connectivity index (χ4v) is 9.93. The van der Waals surface area contributed by atoms with E-state index in [4.69, 9.17) is 9.16 Å². The smallest absolute Gasteiger partial charge is 0.416 e. The Morgan fingerprint density at radius 2 is 1.56 bits per heavy atom. The molecule has 3 aromatic carbocycles. The van der Waals surface area contributed by atoms with Crippen molar-refractivity contribution in [2.75, 3.05) is 4.72 Å². The molecular formula is C44H51F3N4O5S2Si. The predicted molar refractivity (Wildman–Crippen MR) is 229 cm³/mol. The van der Waals surface area contributed by atoms with Gasteiger partial charge in [-0.15, -0.1) is 11.3 Å². The van der Waals surface area contributed by atoms with Gasteiger partial charge in [-0.3, -0.25) is 14.6 Å². The molecule has 0 spiro atoms. The second-order valence-corrected chi connectivity index (χ2v) is 24.7. The molecule has 3 heterocycles. The number of pyridine rings is 1. The van der Waals surface area contributed by atoms with Gasteiger partial charge < -0.3 is 9.16 Å². The summed E-state index contributed by atoms with van der Waals surface area (Å²) in [7, 11) is -6.26. The van der Waals surface area contributed by atoms with Crippen LogP contribution in [0, 0.1) is 0 Å². The first-order chi connectivity index (χ1) is 27.5. The molecule has 9 nitrogen and oxygen atoms in total. The Kier molecular flexibility index (Phi) is 12.5. The van der Waals surface area contributed by atoms with Crippen LogP contribution in [-0.2, 0) is 31.8 Å². The number of amides is 1. The highest BCUT2D eigenvalue weighted by molar-refractivity contribution is 7.92. The maximum atomic E-state index is 14.0. The molecule has 314 valence electrons. The SMILES string of the molecule is CC(C)(C)OC(=O)N1[C@H](Cc2ccc(NS(=O)(=O)c3ccc(-c4nc(-c5ccc(C(F)(F)F)cc5)cs4)cc3)cc2)CC[C@@H]1[C@H](O[Si](C)(C)C(C)(C)C)c1cccnc1. The van der Waals surface area contributed by atoms with Crippen LogP contribution < -0.4 is 4.72 Å². The summed E-state index contributed by atoms with van der Waals surface area (Å²) in [6.07, 6.45) is 0.280. The number of alkyl halides is 3. The molecule has 1 aliphatic rings. The van der Waals surface area contributed by atoms with E-state index in [1.54, 1.807) is 35.8 Å². The number of likely N-dealkylation sites (tertiary alicyclic amines) is 1. The van der Waals surface area contributed by atoms with Gasteiger partial charge in [-0.1, -0.05) is 63.2 Å². The quantitative estimate of drug-likeness (QED) is 0.132. The van der Waals surface area contributed by atoms with Gasteiger partial charge in [0.05, 0.1) is 28.3 Å². The van der Waals surface area contributed by atoms with E-state index in [1.165, 1.54) is 35.6 Å². The number of sulfonamides is 1.